The van der Waals surface area contributed by atoms with E-state index in [0.717, 1.165) is 5.69 Å². The molecular formula is C67H55N3. The minimum Gasteiger partial charge on any atom is -0.354 e. The molecule has 0 saturated carbocycles. The van der Waals surface area contributed by atoms with Gasteiger partial charge >= 0.3 is 0 Å². The highest BCUT2D eigenvalue weighted by atomic mass is 15.2. The zero-order valence-corrected chi connectivity index (χ0v) is 41.2. The van der Waals surface area contributed by atoms with Crippen molar-refractivity contribution in [3.63, 3.8) is 0 Å². The van der Waals surface area contributed by atoms with Gasteiger partial charge in [-0.2, -0.15) is 0 Å². The van der Waals surface area contributed by atoms with Gasteiger partial charge in [0.1, 0.15) is 0 Å². The second-order valence-electron chi connectivity index (χ2n) is 20.5. The largest absolute Gasteiger partial charge is 0.354 e. The van der Waals surface area contributed by atoms with Gasteiger partial charge in [-0.15, -0.1) is 0 Å². The van der Waals surface area contributed by atoms with Gasteiger partial charge in [-0.05, 0) is 190 Å². The van der Waals surface area contributed by atoms with Gasteiger partial charge in [0.05, 0.1) is 23.6 Å². The summed E-state index contributed by atoms with van der Waals surface area (Å²) in [5.41, 5.74) is 28.3. The minimum absolute atomic E-state index is 0.686. The third-order valence-corrected chi connectivity index (χ3v) is 16.6. The number of hydrogen-bond donors (Lipinski definition) is 0. The smallest absolute Gasteiger partial charge is 0.204 e. The van der Waals surface area contributed by atoms with Crippen molar-refractivity contribution in [2.75, 3.05) is 0 Å². The molecule has 2 heterocycles. The second kappa shape index (κ2) is 15.1. The molecule has 0 saturated heterocycles. The third kappa shape index (κ3) is 5.30. The molecule has 0 radical (unpaired) electrons. The number of imidazole rings is 1. The fourth-order valence-electron chi connectivity index (χ4n) is 13.8. The first-order chi connectivity index (χ1) is 34.0. The third-order valence-electron chi connectivity index (χ3n) is 16.6. The van der Waals surface area contributed by atoms with Crippen molar-refractivity contribution in [2.45, 2.75) is 64.8 Å². The Kier molecular flexibility index (Phi) is 9.09. The predicted molar refractivity (Wildman–Crippen MR) is 284 cm³/mol. The lowest BCUT2D eigenvalue weighted by Crippen LogP contribution is -2.38. The van der Waals surface area contributed by atoms with E-state index in [4.69, 9.17) is 4.98 Å². The quantitative estimate of drug-likeness (QED) is 0.120. The molecule has 338 valence electrons. The Morgan fingerprint density at radius 2 is 0.757 bits per heavy atom. The van der Waals surface area contributed by atoms with Crippen LogP contribution < -0.4 is 4.57 Å². The molecule has 3 heteroatoms. The summed E-state index contributed by atoms with van der Waals surface area (Å²) < 4.78 is 4.39. The van der Waals surface area contributed by atoms with Crippen molar-refractivity contribution in [3.05, 3.63) is 295 Å². The van der Waals surface area contributed by atoms with E-state index in [-0.39, 0.29) is 0 Å². The molecule has 3 aliphatic carbocycles. The molecule has 0 amide bonds. The molecule has 0 spiro atoms. The zero-order valence-electron chi connectivity index (χ0n) is 41.2. The molecule has 10 aromatic rings. The number of pyridine rings is 1. The first kappa shape index (κ1) is 42.2. The summed E-state index contributed by atoms with van der Waals surface area (Å²) in [7, 11) is 2.08. The van der Waals surface area contributed by atoms with E-state index in [1.54, 1.807) is 0 Å². The van der Waals surface area contributed by atoms with E-state index < -0.39 is 16.4 Å². The molecule has 0 bridgehead atoms. The summed E-state index contributed by atoms with van der Waals surface area (Å²) in [4.78, 5) is 5.36. The predicted octanol–water partition coefficient (Wildman–Crippen LogP) is 14.2. The van der Waals surface area contributed by atoms with Crippen LogP contribution in [-0.2, 0) is 23.4 Å². The second-order valence-corrected chi connectivity index (χ2v) is 20.5. The highest BCUT2D eigenvalue weighted by Gasteiger charge is 2.53. The lowest BCUT2D eigenvalue weighted by Gasteiger charge is -2.38. The molecule has 0 aliphatic heterocycles. The summed E-state index contributed by atoms with van der Waals surface area (Å²) in [5.74, 6) is 0. The Balaban J connectivity index is 1.17. The topological polar surface area (TPSA) is 21.7 Å². The Labute approximate surface area is 412 Å². The average Bonchev–Trinajstić information content (AvgIpc) is 4.11. The molecule has 0 atom stereocenters. The van der Waals surface area contributed by atoms with Crippen LogP contribution in [-0.4, -0.2) is 9.55 Å². The van der Waals surface area contributed by atoms with Gasteiger partial charge in [0, 0.05) is 22.9 Å². The molecule has 3 nitrogen and oxygen atoms in total. The molecule has 3 aliphatic rings. The lowest BCUT2D eigenvalue weighted by atomic mass is 9.64. The summed E-state index contributed by atoms with van der Waals surface area (Å²) in [6, 6.07) is 65.2. The maximum absolute atomic E-state index is 5.36. The van der Waals surface area contributed by atoms with Gasteiger partial charge in [-0.3, -0.25) is 4.98 Å². The number of rotatable bonds is 6. The lowest BCUT2D eigenvalue weighted by molar-refractivity contribution is -0.675. The summed E-state index contributed by atoms with van der Waals surface area (Å²) in [6.45, 7) is 15.9. The van der Waals surface area contributed by atoms with Crippen LogP contribution in [0.3, 0.4) is 0 Å². The van der Waals surface area contributed by atoms with Gasteiger partial charge in [0.2, 0.25) is 6.33 Å². The maximum atomic E-state index is 5.36. The van der Waals surface area contributed by atoms with Gasteiger partial charge < -0.3 is 9.13 Å². The van der Waals surface area contributed by atoms with Crippen LogP contribution in [0.1, 0.15) is 100 Å². The van der Waals surface area contributed by atoms with Crippen molar-refractivity contribution < 1.29 is 4.57 Å². The molecule has 13 rings (SSSR count). The van der Waals surface area contributed by atoms with E-state index in [2.05, 4.69) is 253 Å². The Hall–Kier alpha value is -7.88. The molecule has 0 N–H and O–H groups in total. The Bertz CT molecular complexity index is 3690. The van der Waals surface area contributed by atoms with Gasteiger partial charge in [-0.1, -0.05) is 152 Å². The molecule has 2 aromatic heterocycles. The van der Waals surface area contributed by atoms with Gasteiger partial charge in [0.15, 0.2) is 5.54 Å². The number of hydrogen-bond acceptors (Lipinski definition) is 1. The number of fused-ring (bicyclic) bond motifs is 9. The van der Waals surface area contributed by atoms with Crippen LogP contribution in [0, 0.1) is 54.8 Å². The highest BCUT2D eigenvalue weighted by molar-refractivity contribution is 5.93. The van der Waals surface area contributed by atoms with Crippen molar-refractivity contribution in [1.82, 2.24) is 9.55 Å². The molecular weight excluding hydrogens is 847 g/mol. The number of aryl methyl sites for hydroxylation is 8. The number of aromatic nitrogens is 3. The first-order valence-corrected chi connectivity index (χ1v) is 24.8. The first-order valence-electron chi connectivity index (χ1n) is 24.8. The van der Waals surface area contributed by atoms with Crippen molar-refractivity contribution in [2.24, 2.45) is 7.05 Å². The molecule has 8 aromatic carbocycles. The zero-order chi connectivity index (χ0) is 47.8. The van der Waals surface area contributed by atoms with Gasteiger partial charge in [0.25, 0.3) is 0 Å². The Morgan fingerprint density at radius 3 is 1.17 bits per heavy atom. The summed E-state index contributed by atoms with van der Waals surface area (Å²) in [6.07, 6.45) is 10.1. The average molecular weight is 902 g/mol. The van der Waals surface area contributed by atoms with Crippen molar-refractivity contribution in [3.8, 4) is 33.4 Å². The normalized spacial score (nSPS) is 14.9. The highest BCUT2D eigenvalue weighted by Crippen LogP contribution is 2.62. The van der Waals surface area contributed by atoms with E-state index in [9.17, 15) is 0 Å². The fraction of sp³-hybridized carbons (Fsp3) is 0.164. The monoisotopic (exact) mass is 901 g/mol. The SMILES string of the molecule is Cc1ccnc(C2(c3cccc(C4(c5cccc(C6(n7[c-][n+](C)cc7)c7cccc(C)c7-c7c(C)cccc76)c5)c5cccc(C)c5-c5c(C)cccc54)c3)c3cccc(C)c3-c3c(C)cccc32)c1. The van der Waals surface area contributed by atoms with Crippen molar-refractivity contribution >= 4 is 0 Å². The van der Waals surface area contributed by atoms with E-state index in [1.807, 2.05) is 6.20 Å². The van der Waals surface area contributed by atoms with Crippen LogP contribution in [0.4, 0.5) is 0 Å². The van der Waals surface area contributed by atoms with Crippen molar-refractivity contribution in [1.29, 1.82) is 0 Å². The number of nitrogens with zero attached hydrogens (tertiary/aromatic N) is 3. The van der Waals surface area contributed by atoms with Crippen LogP contribution in [0.15, 0.2) is 188 Å². The minimum atomic E-state index is -0.713. The molecule has 70 heavy (non-hydrogen) atoms. The van der Waals surface area contributed by atoms with E-state index >= 15 is 0 Å². The van der Waals surface area contributed by atoms with Gasteiger partial charge in [-0.25, -0.2) is 0 Å². The van der Waals surface area contributed by atoms with Crippen LogP contribution >= 0.6 is 0 Å². The Morgan fingerprint density at radius 1 is 0.400 bits per heavy atom. The molecule has 0 unspecified atom stereocenters. The summed E-state index contributed by atoms with van der Waals surface area (Å²) in [5, 5.41) is 0. The van der Waals surface area contributed by atoms with E-state index in [0.29, 0.717) is 0 Å². The summed E-state index contributed by atoms with van der Waals surface area (Å²) >= 11 is 0. The number of benzene rings is 8. The molecule has 0 fully saturated rings. The van der Waals surface area contributed by atoms with Crippen LogP contribution in [0.25, 0.3) is 33.4 Å². The standard InChI is InChI=1S/C67H55N3/c1-41-33-34-68-58(37-41)66(54-29-11-19-44(4)61(54)62-45(5)20-12-30-55(62)66)50-25-15-23-48(38-50)65(52-27-9-17-42(2)59(52)60-43(3)18-10-28-53(60)65)49-24-16-26-51(39-49)67(70-36-35-69(8)40-70)56-31-13-21-46(6)63(56)64-47(7)22-14-32-57(64)67/h9-39H,1-8H3. The maximum Gasteiger partial charge on any atom is 0.204 e. The van der Waals surface area contributed by atoms with E-state index in [1.165, 1.54) is 128 Å². The fourth-order valence-corrected chi connectivity index (χ4v) is 13.8. The van der Waals surface area contributed by atoms with Crippen LogP contribution in [0.2, 0.25) is 0 Å². The van der Waals surface area contributed by atoms with Crippen LogP contribution in [0.5, 0.6) is 0 Å².